The molecule has 0 amide bonds. The maximum Gasteiger partial charge on any atom is 0.573 e. The number of aromatic nitrogens is 3. The molecule has 23 heavy (non-hydrogen) atoms. The molecule has 0 bridgehead atoms. The van der Waals surface area contributed by atoms with Crippen molar-refractivity contribution in [1.82, 2.24) is 14.6 Å². The number of rotatable bonds is 4. The number of halogens is 3. The van der Waals surface area contributed by atoms with Gasteiger partial charge in [0.1, 0.15) is 11.3 Å². The lowest BCUT2D eigenvalue weighted by atomic mass is 10.2. The zero-order chi connectivity index (χ0) is 16.4. The van der Waals surface area contributed by atoms with Gasteiger partial charge in [-0.2, -0.15) is 5.10 Å². The Morgan fingerprint density at radius 2 is 1.96 bits per heavy atom. The molecule has 0 aliphatic heterocycles. The molecule has 0 saturated heterocycles. The van der Waals surface area contributed by atoms with Crippen LogP contribution in [-0.4, -0.2) is 21.0 Å². The Labute approximate surface area is 129 Å². The van der Waals surface area contributed by atoms with Gasteiger partial charge in [-0.1, -0.05) is 12.1 Å². The quantitative estimate of drug-likeness (QED) is 0.798. The van der Waals surface area contributed by atoms with E-state index in [1.807, 2.05) is 13.0 Å². The number of alkyl halides is 3. The first-order valence-corrected chi connectivity index (χ1v) is 6.80. The Morgan fingerprint density at radius 3 is 2.65 bits per heavy atom. The molecule has 0 spiro atoms. The summed E-state index contributed by atoms with van der Waals surface area (Å²) in [5.41, 5.74) is 2.51. The number of hydrogen-bond donors (Lipinski definition) is 1. The van der Waals surface area contributed by atoms with Gasteiger partial charge in [-0.15, -0.1) is 13.2 Å². The van der Waals surface area contributed by atoms with Gasteiger partial charge in [0.2, 0.25) is 0 Å². The molecule has 0 aliphatic rings. The monoisotopic (exact) mass is 322 g/mol. The minimum absolute atomic E-state index is 0.243. The van der Waals surface area contributed by atoms with Crippen molar-refractivity contribution < 1.29 is 17.9 Å². The maximum atomic E-state index is 12.1. The number of hydrogen-bond acceptors (Lipinski definition) is 4. The normalized spacial score (nSPS) is 11.7. The zero-order valence-corrected chi connectivity index (χ0v) is 12.1. The minimum atomic E-state index is -4.68. The van der Waals surface area contributed by atoms with Crippen molar-refractivity contribution in [3.8, 4) is 5.75 Å². The van der Waals surface area contributed by atoms with Crippen LogP contribution in [0.2, 0.25) is 0 Å². The Bertz CT molecular complexity index is 812. The second-order valence-corrected chi connectivity index (χ2v) is 4.94. The summed E-state index contributed by atoms with van der Waals surface area (Å²) in [4.78, 5) is 4.26. The molecule has 120 valence electrons. The van der Waals surface area contributed by atoms with Crippen LogP contribution in [0.5, 0.6) is 5.75 Å². The second kappa shape index (κ2) is 5.79. The topological polar surface area (TPSA) is 51.5 Å². The predicted octanol–water partition coefficient (Wildman–Crippen LogP) is 3.55. The number of nitrogens with one attached hydrogen (secondary N) is 1. The lowest BCUT2D eigenvalue weighted by Crippen LogP contribution is -2.17. The van der Waals surface area contributed by atoms with Gasteiger partial charge in [-0.25, -0.2) is 9.50 Å². The van der Waals surface area contributed by atoms with Gasteiger partial charge in [0, 0.05) is 18.9 Å². The first kappa shape index (κ1) is 15.1. The Kier molecular flexibility index (Phi) is 3.81. The van der Waals surface area contributed by atoms with Crippen LogP contribution in [0.1, 0.15) is 11.3 Å². The molecule has 3 aromatic rings. The second-order valence-electron chi connectivity index (χ2n) is 4.94. The number of aryl methyl sites for hydroxylation is 1. The summed E-state index contributed by atoms with van der Waals surface area (Å²) in [5, 5.41) is 7.44. The molecule has 5 nitrogen and oxygen atoms in total. The van der Waals surface area contributed by atoms with E-state index in [9.17, 15) is 13.2 Å². The van der Waals surface area contributed by atoms with Crippen molar-refractivity contribution in [3.05, 3.63) is 54.0 Å². The molecular weight excluding hydrogens is 309 g/mol. The molecule has 0 atom stereocenters. The standard InChI is InChI=1S/C15H13F3N4O/c1-10-8-13-14(19-6-7-22(13)21-10)20-9-11-2-4-12(5-3-11)23-15(16,17)18/h2-8H,9H2,1H3,(H,19,20). The summed E-state index contributed by atoms with van der Waals surface area (Å²) in [6.45, 7) is 2.30. The van der Waals surface area contributed by atoms with Gasteiger partial charge in [-0.3, -0.25) is 0 Å². The van der Waals surface area contributed by atoms with Gasteiger partial charge < -0.3 is 10.1 Å². The van der Waals surface area contributed by atoms with E-state index in [1.54, 1.807) is 29.0 Å². The highest BCUT2D eigenvalue weighted by molar-refractivity contribution is 5.67. The van der Waals surface area contributed by atoms with E-state index < -0.39 is 6.36 Å². The van der Waals surface area contributed by atoms with Crippen LogP contribution >= 0.6 is 0 Å². The number of benzene rings is 1. The summed E-state index contributed by atoms with van der Waals surface area (Å²) >= 11 is 0. The summed E-state index contributed by atoms with van der Waals surface area (Å²) in [6.07, 6.45) is -1.31. The fourth-order valence-electron chi connectivity index (χ4n) is 2.18. The summed E-state index contributed by atoms with van der Waals surface area (Å²) < 4.78 is 41.9. The van der Waals surface area contributed by atoms with Crippen LogP contribution in [0, 0.1) is 6.92 Å². The number of fused-ring (bicyclic) bond motifs is 1. The lowest BCUT2D eigenvalue weighted by Gasteiger charge is -2.10. The van der Waals surface area contributed by atoms with Gasteiger partial charge in [0.05, 0.1) is 5.69 Å². The van der Waals surface area contributed by atoms with Crippen molar-refractivity contribution >= 4 is 11.3 Å². The molecule has 2 aromatic heterocycles. The van der Waals surface area contributed by atoms with E-state index in [1.165, 1.54) is 12.1 Å². The molecule has 0 aliphatic carbocycles. The van der Waals surface area contributed by atoms with Crippen LogP contribution in [0.3, 0.4) is 0 Å². The SMILES string of the molecule is Cc1cc2c(NCc3ccc(OC(F)(F)F)cc3)nccn2n1. The third-order valence-corrected chi connectivity index (χ3v) is 3.13. The van der Waals surface area contributed by atoms with E-state index in [4.69, 9.17) is 0 Å². The largest absolute Gasteiger partial charge is 0.573 e. The predicted molar refractivity (Wildman–Crippen MR) is 78.2 cm³/mol. The fraction of sp³-hybridized carbons (Fsp3) is 0.200. The van der Waals surface area contributed by atoms with E-state index in [2.05, 4.69) is 20.1 Å². The fourth-order valence-corrected chi connectivity index (χ4v) is 2.18. The highest BCUT2D eigenvalue weighted by Crippen LogP contribution is 2.23. The van der Waals surface area contributed by atoms with Crippen LogP contribution in [0.15, 0.2) is 42.7 Å². The number of ether oxygens (including phenoxy) is 1. The van der Waals surface area contributed by atoms with Crippen molar-refractivity contribution in [1.29, 1.82) is 0 Å². The van der Waals surface area contributed by atoms with Crippen LogP contribution < -0.4 is 10.1 Å². The van der Waals surface area contributed by atoms with Crippen molar-refractivity contribution in [2.24, 2.45) is 0 Å². The molecule has 2 heterocycles. The van der Waals surface area contributed by atoms with E-state index in [0.29, 0.717) is 12.4 Å². The smallest absolute Gasteiger partial charge is 0.406 e. The van der Waals surface area contributed by atoms with Crippen molar-refractivity contribution in [2.75, 3.05) is 5.32 Å². The zero-order valence-electron chi connectivity index (χ0n) is 12.1. The molecule has 0 radical (unpaired) electrons. The number of anilines is 1. The lowest BCUT2D eigenvalue weighted by molar-refractivity contribution is -0.274. The third-order valence-electron chi connectivity index (χ3n) is 3.13. The first-order valence-electron chi connectivity index (χ1n) is 6.80. The van der Waals surface area contributed by atoms with Crippen molar-refractivity contribution in [2.45, 2.75) is 19.8 Å². The molecule has 1 aromatic carbocycles. The molecule has 8 heteroatoms. The summed E-state index contributed by atoms with van der Waals surface area (Å²) in [6, 6.07) is 7.59. The maximum absolute atomic E-state index is 12.1. The molecule has 0 unspecified atom stereocenters. The first-order chi connectivity index (χ1) is 10.9. The average Bonchev–Trinajstić information content (AvgIpc) is 2.85. The van der Waals surface area contributed by atoms with E-state index >= 15 is 0 Å². The van der Waals surface area contributed by atoms with Gasteiger partial charge in [0.15, 0.2) is 5.82 Å². The van der Waals surface area contributed by atoms with E-state index in [0.717, 1.165) is 16.8 Å². The van der Waals surface area contributed by atoms with E-state index in [-0.39, 0.29) is 5.75 Å². The molecular formula is C15H13F3N4O. The van der Waals surface area contributed by atoms with Crippen LogP contribution in [-0.2, 0) is 6.54 Å². The molecule has 1 N–H and O–H groups in total. The van der Waals surface area contributed by atoms with Gasteiger partial charge >= 0.3 is 6.36 Å². The Balaban J connectivity index is 1.70. The third kappa shape index (κ3) is 3.71. The van der Waals surface area contributed by atoms with Crippen molar-refractivity contribution in [3.63, 3.8) is 0 Å². The van der Waals surface area contributed by atoms with Crippen LogP contribution in [0.4, 0.5) is 19.0 Å². The van der Waals surface area contributed by atoms with Gasteiger partial charge in [0.25, 0.3) is 0 Å². The summed E-state index contributed by atoms with van der Waals surface area (Å²) in [5.74, 6) is 0.414. The number of nitrogens with zero attached hydrogens (tertiary/aromatic N) is 3. The van der Waals surface area contributed by atoms with Crippen LogP contribution in [0.25, 0.3) is 5.52 Å². The summed E-state index contributed by atoms with van der Waals surface area (Å²) in [7, 11) is 0. The highest BCUT2D eigenvalue weighted by atomic mass is 19.4. The minimum Gasteiger partial charge on any atom is -0.406 e. The Morgan fingerprint density at radius 1 is 1.22 bits per heavy atom. The average molecular weight is 322 g/mol. The van der Waals surface area contributed by atoms with Gasteiger partial charge in [-0.05, 0) is 30.7 Å². The molecule has 0 fully saturated rings. The Hall–Kier alpha value is -2.77. The molecule has 0 saturated carbocycles. The highest BCUT2D eigenvalue weighted by Gasteiger charge is 2.30. The molecule has 3 rings (SSSR count).